The first kappa shape index (κ1) is 20.8. The SMILES string of the molecule is CCCC[C@H](CN(O)C=O)C(=O)N[C@@H]1C(=O)N(C)CCSC1(C)C. The van der Waals surface area contributed by atoms with Crippen molar-refractivity contribution in [1.82, 2.24) is 15.3 Å². The molecule has 24 heavy (non-hydrogen) atoms. The topological polar surface area (TPSA) is 90.0 Å². The second kappa shape index (κ2) is 9.27. The molecule has 2 atom stereocenters. The Hall–Kier alpha value is -1.28. The van der Waals surface area contributed by atoms with E-state index in [0.717, 1.165) is 18.6 Å². The third-order valence-electron chi connectivity index (χ3n) is 4.31. The van der Waals surface area contributed by atoms with Crippen LogP contribution in [0.5, 0.6) is 0 Å². The first-order valence-electron chi connectivity index (χ1n) is 8.33. The molecule has 0 aromatic carbocycles. The van der Waals surface area contributed by atoms with Gasteiger partial charge in [0.2, 0.25) is 18.2 Å². The van der Waals surface area contributed by atoms with Crippen LogP contribution in [0.1, 0.15) is 40.0 Å². The Labute approximate surface area is 148 Å². The number of rotatable bonds is 8. The summed E-state index contributed by atoms with van der Waals surface area (Å²) in [5, 5.41) is 12.8. The van der Waals surface area contributed by atoms with Crippen molar-refractivity contribution in [2.24, 2.45) is 5.92 Å². The summed E-state index contributed by atoms with van der Waals surface area (Å²) in [5.74, 6) is -0.131. The number of nitrogens with zero attached hydrogens (tertiary/aromatic N) is 2. The molecule has 1 saturated heterocycles. The number of thioether (sulfide) groups is 1. The van der Waals surface area contributed by atoms with Crippen LogP contribution in [0.2, 0.25) is 0 Å². The molecule has 0 aliphatic carbocycles. The van der Waals surface area contributed by atoms with E-state index in [0.29, 0.717) is 18.0 Å². The second-order valence-electron chi connectivity index (χ2n) is 6.72. The van der Waals surface area contributed by atoms with Gasteiger partial charge in [-0.1, -0.05) is 19.8 Å². The molecule has 1 aliphatic heterocycles. The summed E-state index contributed by atoms with van der Waals surface area (Å²) >= 11 is 1.65. The Morgan fingerprint density at radius 1 is 1.58 bits per heavy atom. The molecule has 2 N–H and O–H groups in total. The van der Waals surface area contributed by atoms with Gasteiger partial charge in [0.05, 0.1) is 12.5 Å². The smallest absolute Gasteiger partial charge is 0.246 e. The van der Waals surface area contributed by atoms with Gasteiger partial charge in [0.25, 0.3) is 0 Å². The lowest BCUT2D eigenvalue weighted by Crippen LogP contribution is -2.57. The third-order valence-corrected chi connectivity index (χ3v) is 5.68. The van der Waals surface area contributed by atoms with E-state index in [2.05, 4.69) is 5.32 Å². The third kappa shape index (κ3) is 5.66. The monoisotopic (exact) mass is 359 g/mol. The highest BCUT2D eigenvalue weighted by atomic mass is 32.2. The highest BCUT2D eigenvalue weighted by molar-refractivity contribution is 8.00. The molecule has 1 fully saturated rings. The van der Waals surface area contributed by atoms with E-state index in [9.17, 15) is 19.6 Å². The maximum absolute atomic E-state index is 12.7. The molecule has 7 nitrogen and oxygen atoms in total. The summed E-state index contributed by atoms with van der Waals surface area (Å²) < 4.78 is -0.420. The van der Waals surface area contributed by atoms with Gasteiger partial charge < -0.3 is 10.2 Å². The van der Waals surface area contributed by atoms with E-state index in [4.69, 9.17) is 0 Å². The van der Waals surface area contributed by atoms with E-state index >= 15 is 0 Å². The first-order chi connectivity index (χ1) is 11.2. The number of hydrogen-bond donors (Lipinski definition) is 2. The summed E-state index contributed by atoms with van der Waals surface area (Å²) in [7, 11) is 1.74. The molecular formula is C16H29N3O4S. The van der Waals surface area contributed by atoms with Gasteiger partial charge in [-0.3, -0.25) is 19.6 Å². The van der Waals surface area contributed by atoms with Gasteiger partial charge in [-0.2, -0.15) is 11.8 Å². The normalized spacial score (nSPS) is 21.8. The molecule has 1 rings (SSSR count). The first-order valence-corrected chi connectivity index (χ1v) is 9.31. The molecule has 3 amide bonds. The largest absolute Gasteiger partial charge is 0.343 e. The fourth-order valence-electron chi connectivity index (χ4n) is 2.68. The van der Waals surface area contributed by atoms with Gasteiger partial charge in [-0.15, -0.1) is 0 Å². The maximum atomic E-state index is 12.7. The molecule has 138 valence electrons. The second-order valence-corrected chi connectivity index (χ2v) is 8.47. The Morgan fingerprint density at radius 3 is 2.83 bits per heavy atom. The van der Waals surface area contributed by atoms with E-state index in [1.54, 1.807) is 23.7 Å². The minimum atomic E-state index is -0.630. The number of amides is 3. The fraction of sp³-hybridized carbons (Fsp3) is 0.812. The van der Waals surface area contributed by atoms with Crippen LogP contribution in [0.4, 0.5) is 0 Å². The summed E-state index contributed by atoms with van der Waals surface area (Å²) in [5.41, 5.74) is 0. The van der Waals surface area contributed by atoms with E-state index < -0.39 is 16.7 Å². The Morgan fingerprint density at radius 2 is 2.25 bits per heavy atom. The van der Waals surface area contributed by atoms with Crippen molar-refractivity contribution in [1.29, 1.82) is 0 Å². The zero-order chi connectivity index (χ0) is 18.3. The summed E-state index contributed by atoms with van der Waals surface area (Å²) in [6.45, 7) is 6.48. The van der Waals surface area contributed by atoms with E-state index in [-0.39, 0.29) is 24.8 Å². The van der Waals surface area contributed by atoms with Crippen LogP contribution in [-0.4, -0.2) is 70.1 Å². The van der Waals surface area contributed by atoms with Crippen LogP contribution in [0.3, 0.4) is 0 Å². The zero-order valence-electron chi connectivity index (χ0n) is 14.9. The number of unbranched alkanes of at least 4 members (excludes halogenated alkanes) is 1. The van der Waals surface area contributed by atoms with Gasteiger partial charge in [0.15, 0.2) is 0 Å². The molecular weight excluding hydrogens is 330 g/mol. The van der Waals surface area contributed by atoms with Crippen LogP contribution in [-0.2, 0) is 14.4 Å². The predicted molar refractivity (Wildman–Crippen MR) is 93.7 cm³/mol. The van der Waals surface area contributed by atoms with Crippen LogP contribution >= 0.6 is 11.8 Å². The summed E-state index contributed by atoms with van der Waals surface area (Å²) in [4.78, 5) is 37.6. The van der Waals surface area contributed by atoms with Crippen LogP contribution in [0.25, 0.3) is 0 Å². The fourth-order valence-corrected chi connectivity index (χ4v) is 3.89. The van der Waals surface area contributed by atoms with Crippen molar-refractivity contribution < 1.29 is 19.6 Å². The molecule has 1 aliphatic rings. The molecule has 0 saturated carbocycles. The van der Waals surface area contributed by atoms with Crippen LogP contribution in [0, 0.1) is 5.92 Å². The van der Waals surface area contributed by atoms with Crippen molar-refractivity contribution in [2.45, 2.75) is 50.8 Å². The Bertz CT molecular complexity index is 459. The zero-order valence-corrected chi connectivity index (χ0v) is 15.8. The van der Waals surface area contributed by atoms with Gasteiger partial charge in [-0.25, -0.2) is 5.06 Å². The Kier molecular flexibility index (Phi) is 8.02. The molecule has 0 aromatic heterocycles. The quantitative estimate of drug-likeness (QED) is 0.385. The lowest BCUT2D eigenvalue weighted by atomic mass is 9.97. The van der Waals surface area contributed by atoms with E-state index in [1.807, 2.05) is 20.8 Å². The lowest BCUT2D eigenvalue weighted by molar-refractivity contribution is -0.155. The molecule has 0 spiro atoms. The highest BCUT2D eigenvalue weighted by Gasteiger charge is 2.41. The number of hydrogen-bond acceptors (Lipinski definition) is 5. The lowest BCUT2D eigenvalue weighted by Gasteiger charge is -2.33. The molecule has 1 heterocycles. The minimum absolute atomic E-state index is 0.0698. The van der Waals surface area contributed by atoms with Gasteiger partial charge in [-0.05, 0) is 20.3 Å². The number of nitrogens with one attached hydrogen (secondary N) is 1. The predicted octanol–water partition coefficient (Wildman–Crippen LogP) is 1.11. The number of carbonyl (C=O) groups excluding carboxylic acids is 3. The average Bonchev–Trinajstić information content (AvgIpc) is 2.62. The molecule has 0 unspecified atom stereocenters. The average molecular weight is 359 g/mol. The number of likely N-dealkylation sites (N-methyl/N-ethyl adjacent to an activating group) is 1. The maximum Gasteiger partial charge on any atom is 0.246 e. The van der Waals surface area contributed by atoms with Crippen molar-refractivity contribution >= 4 is 30.0 Å². The van der Waals surface area contributed by atoms with Crippen LogP contribution in [0.15, 0.2) is 0 Å². The van der Waals surface area contributed by atoms with E-state index in [1.165, 1.54) is 0 Å². The molecule has 0 bridgehead atoms. The van der Waals surface area contributed by atoms with Crippen LogP contribution < -0.4 is 5.32 Å². The summed E-state index contributed by atoms with van der Waals surface area (Å²) in [6, 6.07) is -0.630. The van der Waals surface area contributed by atoms with Crippen molar-refractivity contribution in [3.63, 3.8) is 0 Å². The van der Waals surface area contributed by atoms with Gasteiger partial charge in [0.1, 0.15) is 6.04 Å². The van der Waals surface area contributed by atoms with Crippen molar-refractivity contribution in [2.75, 3.05) is 25.9 Å². The standard InChI is InChI=1S/C16H29N3O4S/c1-5-6-7-12(10-19(23)11-20)14(21)17-13-15(22)18(4)8-9-24-16(13,2)3/h11-13,23H,5-10H2,1-4H3,(H,17,21)/t12-,13-/m1/s1. The summed E-state index contributed by atoms with van der Waals surface area (Å²) in [6.07, 6.45) is 2.55. The number of carbonyl (C=O) groups is 3. The highest BCUT2D eigenvalue weighted by Crippen LogP contribution is 2.31. The molecule has 8 heteroatoms. The number of hydroxylamine groups is 2. The molecule has 0 radical (unpaired) electrons. The van der Waals surface area contributed by atoms with Gasteiger partial charge in [0, 0.05) is 24.1 Å². The van der Waals surface area contributed by atoms with Crippen molar-refractivity contribution in [3.8, 4) is 0 Å². The molecule has 0 aromatic rings. The Balaban J connectivity index is 2.88. The minimum Gasteiger partial charge on any atom is -0.343 e. The van der Waals surface area contributed by atoms with Crippen molar-refractivity contribution in [3.05, 3.63) is 0 Å². The van der Waals surface area contributed by atoms with Gasteiger partial charge >= 0.3 is 0 Å².